The van der Waals surface area contributed by atoms with Crippen LogP contribution in [-0.4, -0.2) is 13.7 Å². The zero-order chi connectivity index (χ0) is 7.56. The Morgan fingerprint density at radius 2 is 2.40 bits per heavy atom. The summed E-state index contributed by atoms with van der Waals surface area (Å²) in [4.78, 5) is 3.03. The highest BCUT2D eigenvalue weighted by Crippen LogP contribution is 2.06. The summed E-state index contributed by atoms with van der Waals surface area (Å²) in [7, 11) is 0. The summed E-state index contributed by atoms with van der Waals surface area (Å²) >= 11 is -2.51. The molecule has 0 aliphatic carbocycles. The lowest BCUT2D eigenvalue weighted by atomic mass is 10.5. The molecule has 0 spiro atoms. The molecule has 0 bridgehead atoms. The molecular weight excluding hydrogens is 157 g/mol. The normalized spacial score (nSPS) is 13.0. The highest BCUT2D eigenvalue weighted by Gasteiger charge is 1.98. The lowest BCUT2D eigenvalue weighted by Crippen LogP contribution is -1.93. The minimum Gasteiger partial charge on any atom is -0.768 e. The maximum Gasteiger partial charge on any atom is 0.156 e. The van der Waals surface area contributed by atoms with Gasteiger partial charge in [-0.15, -0.1) is 0 Å². The molecule has 10 heavy (non-hydrogen) atoms. The average molecular weight is 160 g/mol. The number of hydrogen-bond acceptors (Lipinski definition) is 3. The Bertz CT molecular complexity index is 266. The van der Waals surface area contributed by atoms with Gasteiger partial charge in [0, 0.05) is 6.20 Å². The van der Waals surface area contributed by atoms with Crippen LogP contribution in [-0.2, 0) is 11.1 Å². The fraction of sp³-hybridized carbons (Fsp3) is 0. The van der Waals surface area contributed by atoms with Gasteiger partial charge in [-0.2, -0.15) is 0 Å². The molecule has 0 amide bonds. The van der Waals surface area contributed by atoms with Crippen LogP contribution >= 0.6 is 0 Å². The van der Waals surface area contributed by atoms with E-state index in [0.29, 0.717) is 0 Å². The van der Waals surface area contributed by atoms with Crippen molar-refractivity contribution in [1.29, 1.82) is 0 Å². The van der Waals surface area contributed by atoms with Crippen LogP contribution in [0.1, 0.15) is 0 Å². The maximum absolute atomic E-state index is 12.4. The SMILES string of the molecule is O=S([O-])c1ccncc1F. The molecule has 0 aliphatic rings. The second-order valence-electron chi connectivity index (χ2n) is 1.54. The van der Waals surface area contributed by atoms with Crippen molar-refractivity contribution in [2.24, 2.45) is 0 Å². The Labute approximate surface area is 59.2 Å². The van der Waals surface area contributed by atoms with Gasteiger partial charge in [0.2, 0.25) is 0 Å². The Morgan fingerprint density at radius 3 is 2.80 bits per heavy atom. The quantitative estimate of drug-likeness (QED) is 0.561. The molecule has 0 N–H and O–H groups in total. The molecule has 0 fully saturated rings. The third-order valence-electron chi connectivity index (χ3n) is 0.915. The minimum atomic E-state index is -2.51. The standard InChI is InChI=1S/C5H4FNO2S/c6-4-3-7-2-1-5(4)10(8)9/h1-3H,(H,8,9)/p-1. The van der Waals surface area contributed by atoms with Crippen molar-refractivity contribution < 1.29 is 13.2 Å². The van der Waals surface area contributed by atoms with Crippen LogP contribution in [0.3, 0.4) is 0 Å². The van der Waals surface area contributed by atoms with E-state index in [-0.39, 0.29) is 4.90 Å². The van der Waals surface area contributed by atoms with E-state index in [4.69, 9.17) is 0 Å². The summed E-state index contributed by atoms with van der Waals surface area (Å²) in [5.74, 6) is -0.823. The van der Waals surface area contributed by atoms with Crippen LogP contribution in [0.5, 0.6) is 0 Å². The molecule has 54 valence electrons. The lowest BCUT2D eigenvalue weighted by molar-refractivity contribution is 0.521. The first-order valence-electron chi connectivity index (χ1n) is 2.40. The van der Waals surface area contributed by atoms with Crippen molar-refractivity contribution in [2.45, 2.75) is 4.90 Å². The van der Waals surface area contributed by atoms with Crippen molar-refractivity contribution in [1.82, 2.24) is 4.98 Å². The number of aromatic nitrogens is 1. The highest BCUT2D eigenvalue weighted by atomic mass is 32.2. The average Bonchev–Trinajstić information content (AvgIpc) is 1.88. The third-order valence-corrected chi connectivity index (χ3v) is 1.61. The summed E-state index contributed by atoms with van der Waals surface area (Å²) in [6.07, 6.45) is 2.07. The van der Waals surface area contributed by atoms with E-state index < -0.39 is 16.9 Å². The molecule has 0 radical (unpaired) electrons. The number of hydrogen-bond donors (Lipinski definition) is 0. The van der Waals surface area contributed by atoms with E-state index in [0.717, 1.165) is 12.3 Å². The van der Waals surface area contributed by atoms with Crippen LogP contribution in [0, 0.1) is 5.82 Å². The Kier molecular flexibility index (Phi) is 2.08. The van der Waals surface area contributed by atoms with Crippen LogP contribution in [0.15, 0.2) is 23.4 Å². The Hall–Kier alpha value is -0.810. The van der Waals surface area contributed by atoms with Gasteiger partial charge in [0.05, 0.1) is 11.1 Å². The molecule has 3 nitrogen and oxygen atoms in total. The number of rotatable bonds is 1. The van der Waals surface area contributed by atoms with Gasteiger partial charge in [-0.1, -0.05) is 0 Å². The van der Waals surface area contributed by atoms with Gasteiger partial charge >= 0.3 is 0 Å². The zero-order valence-electron chi connectivity index (χ0n) is 4.78. The van der Waals surface area contributed by atoms with Gasteiger partial charge in [-0.3, -0.25) is 9.19 Å². The van der Waals surface area contributed by atoms with Crippen molar-refractivity contribution in [3.8, 4) is 0 Å². The van der Waals surface area contributed by atoms with E-state index in [2.05, 4.69) is 4.98 Å². The molecule has 0 saturated heterocycles. The largest absolute Gasteiger partial charge is 0.768 e. The molecule has 5 heteroatoms. The Balaban J connectivity index is 3.15. The van der Waals surface area contributed by atoms with Crippen molar-refractivity contribution in [3.63, 3.8) is 0 Å². The lowest BCUT2D eigenvalue weighted by Gasteiger charge is -2.03. The van der Waals surface area contributed by atoms with E-state index >= 15 is 0 Å². The summed E-state index contributed by atoms with van der Waals surface area (Å²) in [6, 6.07) is 1.10. The maximum atomic E-state index is 12.4. The predicted molar refractivity (Wildman–Crippen MR) is 31.4 cm³/mol. The van der Waals surface area contributed by atoms with Crippen molar-refractivity contribution >= 4 is 11.1 Å². The van der Waals surface area contributed by atoms with E-state index in [1.54, 1.807) is 0 Å². The fourth-order valence-electron chi connectivity index (χ4n) is 0.498. The van der Waals surface area contributed by atoms with Gasteiger partial charge in [0.1, 0.15) is 0 Å². The summed E-state index contributed by atoms with van der Waals surface area (Å²) in [5, 5.41) is 0. The van der Waals surface area contributed by atoms with Gasteiger partial charge < -0.3 is 4.55 Å². The van der Waals surface area contributed by atoms with Crippen molar-refractivity contribution in [3.05, 3.63) is 24.3 Å². The monoisotopic (exact) mass is 160 g/mol. The molecule has 0 aliphatic heterocycles. The van der Waals surface area contributed by atoms with E-state index in [1.165, 1.54) is 6.20 Å². The van der Waals surface area contributed by atoms with E-state index in [1.807, 2.05) is 0 Å². The van der Waals surface area contributed by atoms with Gasteiger partial charge in [-0.25, -0.2) is 4.39 Å². The van der Waals surface area contributed by atoms with Gasteiger partial charge in [0.15, 0.2) is 5.82 Å². The molecule has 1 heterocycles. The molecular formula is C5H3FNO2S-. The fourth-order valence-corrected chi connectivity index (χ4v) is 0.881. The topological polar surface area (TPSA) is 53.0 Å². The Morgan fingerprint density at radius 1 is 1.70 bits per heavy atom. The first-order chi connectivity index (χ1) is 4.72. The molecule has 1 rings (SSSR count). The summed E-state index contributed by atoms with van der Waals surface area (Å²) in [6.45, 7) is 0. The second-order valence-corrected chi connectivity index (χ2v) is 2.45. The smallest absolute Gasteiger partial charge is 0.156 e. The number of pyridine rings is 1. The molecule has 1 unspecified atom stereocenters. The summed E-state index contributed by atoms with van der Waals surface area (Å²) in [5.41, 5.74) is 0. The molecule has 0 saturated carbocycles. The first-order valence-corrected chi connectivity index (χ1v) is 3.48. The molecule has 1 aromatic heterocycles. The molecule has 1 aromatic rings. The first kappa shape index (κ1) is 7.30. The van der Waals surface area contributed by atoms with Crippen LogP contribution in [0.2, 0.25) is 0 Å². The van der Waals surface area contributed by atoms with Gasteiger partial charge in [0.25, 0.3) is 0 Å². The van der Waals surface area contributed by atoms with E-state index in [9.17, 15) is 13.2 Å². The molecule has 1 atom stereocenters. The minimum absolute atomic E-state index is 0.352. The van der Waals surface area contributed by atoms with Crippen LogP contribution in [0.4, 0.5) is 4.39 Å². The van der Waals surface area contributed by atoms with Crippen molar-refractivity contribution in [2.75, 3.05) is 0 Å². The zero-order valence-corrected chi connectivity index (χ0v) is 5.60. The second kappa shape index (κ2) is 2.85. The van der Waals surface area contributed by atoms with Crippen LogP contribution in [0.25, 0.3) is 0 Å². The highest BCUT2D eigenvalue weighted by molar-refractivity contribution is 7.79. The third kappa shape index (κ3) is 1.37. The van der Waals surface area contributed by atoms with Crippen LogP contribution < -0.4 is 0 Å². The number of halogens is 1. The number of nitrogens with zero attached hydrogens (tertiary/aromatic N) is 1. The summed E-state index contributed by atoms with van der Waals surface area (Å²) < 4.78 is 32.7. The molecule has 0 aromatic carbocycles. The predicted octanol–water partition coefficient (Wildman–Crippen LogP) is 0.459. The van der Waals surface area contributed by atoms with Gasteiger partial charge in [-0.05, 0) is 17.1 Å².